The van der Waals surface area contributed by atoms with E-state index in [4.69, 9.17) is 0 Å². The maximum atomic E-state index is 11.7. The van der Waals surface area contributed by atoms with Crippen LogP contribution >= 0.6 is 0 Å². The Kier molecular flexibility index (Phi) is 2.78. The van der Waals surface area contributed by atoms with Gasteiger partial charge in [0, 0.05) is 12.5 Å². The van der Waals surface area contributed by atoms with Gasteiger partial charge in [-0.3, -0.25) is 14.4 Å². The minimum absolute atomic E-state index is 0.0111. The molecule has 0 radical (unpaired) electrons. The van der Waals surface area contributed by atoms with Crippen LogP contribution in [0.1, 0.15) is 27.6 Å². The first-order valence-corrected chi connectivity index (χ1v) is 4.97. The number of amides is 1. The lowest BCUT2D eigenvalue weighted by atomic mass is 9.98. The van der Waals surface area contributed by atoms with E-state index in [1.165, 1.54) is 6.92 Å². The van der Waals surface area contributed by atoms with Gasteiger partial charge in [0.15, 0.2) is 5.78 Å². The molecule has 0 unspecified atom stereocenters. The third kappa shape index (κ3) is 2.10. The number of carbonyl (C=O) groups is 3. The van der Waals surface area contributed by atoms with Crippen molar-refractivity contribution in [3.63, 3.8) is 0 Å². The van der Waals surface area contributed by atoms with Crippen molar-refractivity contribution < 1.29 is 19.2 Å². The molecule has 6 heteroatoms. The summed E-state index contributed by atoms with van der Waals surface area (Å²) in [5.41, 5.74) is 3.18. The minimum atomic E-state index is -0.537. The second kappa shape index (κ2) is 4.25. The fourth-order valence-corrected chi connectivity index (χ4v) is 1.59. The zero-order chi connectivity index (χ0) is 12.4. The van der Waals surface area contributed by atoms with Gasteiger partial charge in [0.2, 0.25) is 0 Å². The van der Waals surface area contributed by atoms with E-state index in [-0.39, 0.29) is 23.8 Å². The summed E-state index contributed by atoms with van der Waals surface area (Å²) in [7, 11) is 0. The van der Waals surface area contributed by atoms with Crippen LogP contribution in [0.2, 0.25) is 0 Å². The normalized spacial score (nSPS) is 13.7. The third-order valence-corrected chi connectivity index (χ3v) is 2.31. The van der Waals surface area contributed by atoms with Crippen LogP contribution in [-0.4, -0.2) is 24.2 Å². The molecule has 1 heterocycles. The summed E-state index contributed by atoms with van der Waals surface area (Å²) in [6, 6.07) is 4.73. The third-order valence-electron chi connectivity index (χ3n) is 2.31. The number of carbonyl (C=O) groups excluding carboxylic acids is 3. The number of nitrogens with one attached hydrogen (secondary N) is 2. The van der Waals surface area contributed by atoms with Gasteiger partial charge >= 0.3 is 5.97 Å². The number of hydrogen-bond acceptors (Lipinski definition) is 5. The highest BCUT2D eigenvalue weighted by atomic mass is 16.7. The molecular formula is C11H10N2O4. The largest absolute Gasteiger partial charge is 0.344 e. The van der Waals surface area contributed by atoms with Gasteiger partial charge in [0.25, 0.3) is 5.91 Å². The predicted octanol–water partition coefficient (Wildman–Crippen LogP) is 0.503. The van der Waals surface area contributed by atoms with Gasteiger partial charge in [-0.1, -0.05) is 12.1 Å². The Balaban J connectivity index is 2.40. The van der Waals surface area contributed by atoms with Crippen molar-refractivity contribution >= 4 is 23.3 Å². The maximum absolute atomic E-state index is 11.7. The lowest BCUT2D eigenvalue weighted by molar-refractivity contribution is -0.138. The zero-order valence-corrected chi connectivity index (χ0v) is 9.07. The molecule has 0 spiro atoms. The average Bonchev–Trinajstić information content (AvgIpc) is 2.31. The highest BCUT2D eigenvalue weighted by Gasteiger charge is 2.26. The van der Waals surface area contributed by atoms with E-state index in [0.717, 1.165) is 0 Å². The standard InChI is InChI=1S/C11H10N2O4/c1-6(14)17-13-8-4-2-3-7-9(15)5-12-11(16)10(7)8/h2-4,13H,5H2,1H3,(H,12,16). The number of ketones is 1. The first-order chi connectivity index (χ1) is 8.09. The molecule has 17 heavy (non-hydrogen) atoms. The molecule has 0 bridgehead atoms. The maximum Gasteiger partial charge on any atom is 0.329 e. The molecule has 2 N–H and O–H groups in total. The molecule has 1 amide bonds. The van der Waals surface area contributed by atoms with E-state index < -0.39 is 5.97 Å². The van der Waals surface area contributed by atoms with E-state index in [2.05, 4.69) is 15.6 Å². The number of rotatable bonds is 2. The number of fused-ring (bicyclic) bond motifs is 1. The summed E-state index contributed by atoms with van der Waals surface area (Å²) >= 11 is 0. The van der Waals surface area contributed by atoms with Crippen LogP contribution in [0.4, 0.5) is 5.69 Å². The molecule has 1 aliphatic rings. The van der Waals surface area contributed by atoms with E-state index in [1.807, 2.05) is 0 Å². The van der Waals surface area contributed by atoms with Crippen LogP contribution in [0.5, 0.6) is 0 Å². The summed E-state index contributed by atoms with van der Waals surface area (Å²) in [5, 5.41) is 2.45. The van der Waals surface area contributed by atoms with Gasteiger partial charge in [-0.15, -0.1) is 0 Å². The first kappa shape index (κ1) is 11.1. The van der Waals surface area contributed by atoms with Gasteiger partial charge < -0.3 is 10.2 Å². The van der Waals surface area contributed by atoms with Crippen molar-refractivity contribution in [2.75, 3.05) is 12.0 Å². The summed E-state index contributed by atoms with van der Waals surface area (Å²) in [6.45, 7) is 1.22. The molecule has 0 saturated heterocycles. The molecule has 0 aliphatic carbocycles. The van der Waals surface area contributed by atoms with Crippen LogP contribution in [0.15, 0.2) is 18.2 Å². The Morgan fingerprint density at radius 1 is 1.41 bits per heavy atom. The molecule has 1 aromatic carbocycles. The number of Topliss-reactive ketones (excluding diaryl/α,β-unsaturated/α-hetero) is 1. The molecule has 0 fully saturated rings. The Hall–Kier alpha value is -2.37. The molecule has 0 atom stereocenters. The Labute approximate surface area is 96.9 Å². The molecule has 0 saturated carbocycles. The van der Waals surface area contributed by atoms with Crippen molar-refractivity contribution in [2.24, 2.45) is 0 Å². The van der Waals surface area contributed by atoms with E-state index in [0.29, 0.717) is 11.3 Å². The van der Waals surface area contributed by atoms with Gasteiger partial charge in [-0.25, -0.2) is 5.48 Å². The monoisotopic (exact) mass is 234 g/mol. The second-order valence-corrected chi connectivity index (χ2v) is 3.53. The molecular weight excluding hydrogens is 224 g/mol. The molecule has 2 rings (SSSR count). The lowest BCUT2D eigenvalue weighted by Crippen LogP contribution is -2.37. The van der Waals surface area contributed by atoms with Crippen LogP contribution < -0.4 is 10.8 Å². The van der Waals surface area contributed by atoms with Gasteiger partial charge in [0.05, 0.1) is 17.8 Å². The quantitative estimate of drug-likeness (QED) is 0.728. The first-order valence-electron chi connectivity index (χ1n) is 4.97. The minimum Gasteiger partial charge on any atom is -0.344 e. The van der Waals surface area contributed by atoms with Crippen molar-refractivity contribution in [3.05, 3.63) is 29.3 Å². The second-order valence-electron chi connectivity index (χ2n) is 3.53. The van der Waals surface area contributed by atoms with Crippen LogP contribution in [-0.2, 0) is 9.63 Å². The zero-order valence-electron chi connectivity index (χ0n) is 9.07. The van der Waals surface area contributed by atoms with Gasteiger partial charge in [-0.05, 0) is 6.07 Å². The molecule has 88 valence electrons. The summed E-state index contributed by atoms with van der Waals surface area (Å²) in [4.78, 5) is 38.5. The molecule has 1 aliphatic heterocycles. The average molecular weight is 234 g/mol. The fourth-order valence-electron chi connectivity index (χ4n) is 1.59. The van der Waals surface area contributed by atoms with Crippen molar-refractivity contribution in [1.29, 1.82) is 0 Å². The molecule has 6 nitrogen and oxygen atoms in total. The highest BCUT2D eigenvalue weighted by molar-refractivity contribution is 6.16. The summed E-state index contributed by atoms with van der Waals surface area (Å²) in [6.07, 6.45) is 0. The van der Waals surface area contributed by atoms with E-state index in [1.54, 1.807) is 18.2 Å². The van der Waals surface area contributed by atoms with E-state index >= 15 is 0 Å². The van der Waals surface area contributed by atoms with Crippen LogP contribution in [0.3, 0.4) is 0 Å². The molecule has 1 aromatic rings. The van der Waals surface area contributed by atoms with Crippen molar-refractivity contribution in [2.45, 2.75) is 6.92 Å². The molecule has 0 aromatic heterocycles. The smallest absolute Gasteiger partial charge is 0.329 e. The Morgan fingerprint density at radius 3 is 2.88 bits per heavy atom. The highest BCUT2D eigenvalue weighted by Crippen LogP contribution is 2.22. The SMILES string of the molecule is CC(=O)ONc1cccc2c1C(=O)NCC2=O. The van der Waals surface area contributed by atoms with Crippen LogP contribution in [0, 0.1) is 0 Å². The lowest BCUT2D eigenvalue weighted by Gasteiger charge is -2.18. The topological polar surface area (TPSA) is 84.5 Å². The summed E-state index contributed by atoms with van der Waals surface area (Å²) < 4.78 is 0. The van der Waals surface area contributed by atoms with Gasteiger partial charge in [0.1, 0.15) is 0 Å². The summed E-state index contributed by atoms with van der Waals surface area (Å²) in [5.74, 6) is -1.08. The Bertz CT molecular complexity index is 510. The Morgan fingerprint density at radius 2 is 2.18 bits per heavy atom. The number of anilines is 1. The number of hydrogen-bond donors (Lipinski definition) is 2. The fraction of sp³-hybridized carbons (Fsp3) is 0.182. The van der Waals surface area contributed by atoms with E-state index in [9.17, 15) is 14.4 Å². The predicted molar refractivity (Wildman–Crippen MR) is 58.5 cm³/mol. The number of benzene rings is 1. The van der Waals surface area contributed by atoms with Crippen molar-refractivity contribution in [3.8, 4) is 0 Å². The van der Waals surface area contributed by atoms with Crippen molar-refractivity contribution in [1.82, 2.24) is 5.32 Å². The van der Waals surface area contributed by atoms with Gasteiger partial charge in [-0.2, -0.15) is 0 Å². The van der Waals surface area contributed by atoms with Crippen LogP contribution in [0.25, 0.3) is 0 Å².